The van der Waals surface area contributed by atoms with Gasteiger partial charge in [-0.3, -0.25) is 10.2 Å². The molecule has 168 valence electrons. The van der Waals surface area contributed by atoms with Crippen molar-refractivity contribution in [2.24, 2.45) is 5.92 Å². The lowest BCUT2D eigenvalue weighted by Crippen LogP contribution is -2.53. The third kappa shape index (κ3) is 6.81. The lowest BCUT2D eigenvalue weighted by Gasteiger charge is -2.43. The highest BCUT2D eigenvalue weighted by atomic mass is 19.4. The Bertz CT molecular complexity index is 553. The van der Waals surface area contributed by atoms with E-state index in [0.717, 1.165) is 25.7 Å². The van der Waals surface area contributed by atoms with Crippen LogP contribution in [0, 0.1) is 5.92 Å². The second-order valence-corrected chi connectivity index (χ2v) is 8.71. The number of nitrogens with one attached hydrogen (secondary N) is 1. The largest absolute Gasteiger partial charge is 0.389 e. The first kappa shape index (κ1) is 24.4. The highest BCUT2D eigenvalue weighted by Gasteiger charge is 2.42. The van der Waals surface area contributed by atoms with E-state index in [9.17, 15) is 18.3 Å². The highest BCUT2D eigenvalue weighted by Crippen LogP contribution is 2.38. The molecule has 2 aliphatic rings. The Kier molecular flexibility index (Phi) is 8.76. The fraction of sp³-hybridized carbons (Fsp3) is 0.818. The lowest BCUT2D eigenvalue weighted by atomic mass is 9.92. The zero-order valence-corrected chi connectivity index (χ0v) is 18.1. The average Bonchev–Trinajstić information content (AvgIpc) is 2.91. The van der Waals surface area contributed by atoms with E-state index in [2.05, 4.69) is 43.6 Å². The first-order chi connectivity index (χ1) is 13.6. The van der Waals surface area contributed by atoms with Crippen LogP contribution >= 0.6 is 0 Å². The number of methoxy groups -OCH3 is 1. The molecular formula is C22H37F3N2O2. The molecule has 2 rings (SSSR count). The number of rotatable bonds is 10. The van der Waals surface area contributed by atoms with Crippen LogP contribution in [0.1, 0.15) is 59.3 Å². The molecule has 0 aliphatic carbocycles. The van der Waals surface area contributed by atoms with Gasteiger partial charge in [0.25, 0.3) is 0 Å². The maximum atomic E-state index is 12.4. The van der Waals surface area contributed by atoms with Gasteiger partial charge in [0, 0.05) is 43.6 Å². The molecule has 0 aromatic carbocycles. The number of aliphatic hydroxyl groups is 1. The van der Waals surface area contributed by atoms with E-state index in [1.54, 1.807) is 7.11 Å². The third-order valence-corrected chi connectivity index (χ3v) is 6.61. The van der Waals surface area contributed by atoms with Gasteiger partial charge >= 0.3 is 6.18 Å². The molecule has 0 amide bonds. The summed E-state index contributed by atoms with van der Waals surface area (Å²) in [4.78, 5) is 2.55. The van der Waals surface area contributed by atoms with E-state index in [1.807, 2.05) is 6.08 Å². The predicted octanol–water partition coefficient (Wildman–Crippen LogP) is 4.40. The molecule has 2 heterocycles. The Hall–Kier alpha value is -0.890. The van der Waals surface area contributed by atoms with Gasteiger partial charge in [0.1, 0.15) is 6.23 Å². The van der Waals surface area contributed by atoms with Gasteiger partial charge in [-0.05, 0) is 46.0 Å². The molecule has 2 fully saturated rings. The third-order valence-electron chi connectivity index (χ3n) is 6.61. The van der Waals surface area contributed by atoms with E-state index >= 15 is 0 Å². The van der Waals surface area contributed by atoms with Crippen molar-refractivity contribution in [2.75, 3.05) is 7.11 Å². The van der Waals surface area contributed by atoms with Crippen molar-refractivity contribution in [3.05, 3.63) is 24.3 Å². The zero-order valence-electron chi connectivity index (χ0n) is 18.1. The van der Waals surface area contributed by atoms with Crippen LogP contribution in [0.15, 0.2) is 24.3 Å². The first-order valence-electron chi connectivity index (χ1n) is 10.7. The van der Waals surface area contributed by atoms with Crippen molar-refractivity contribution in [1.82, 2.24) is 10.2 Å². The van der Waals surface area contributed by atoms with E-state index in [0.29, 0.717) is 12.1 Å². The van der Waals surface area contributed by atoms with Gasteiger partial charge in [-0.15, -0.1) is 6.58 Å². The van der Waals surface area contributed by atoms with Crippen molar-refractivity contribution in [3.63, 3.8) is 0 Å². The number of ether oxygens (including phenoxy) is 1. The molecule has 6 unspecified atom stereocenters. The van der Waals surface area contributed by atoms with Crippen molar-refractivity contribution < 1.29 is 23.0 Å². The maximum absolute atomic E-state index is 12.4. The molecule has 0 spiro atoms. The lowest BCUT2D eigenvalue weighted by molar-refractivity contribution is -0.141. The molecule has 0 radical (unpaired) electrons. The van der Waals surface area contributed by atoms with E-state index in [-0.39, 0.29) is 30.5 Å². The summed E-state index contributed by atoms with van der Waals surface area (Å²) in [6, 6.07) is 1.15. The molecule has 0 saturated carbocycles. The second-order valence-electron chi connectivity index (χ2n) is 8.71. The van der Waals surface area contributed by atoms with Crippen molar-refractivity contribution >= 4 is 0 Å². The minimum Gasteiger partial charge on any atom is -0.379 e. The molecular weight excluding hydrogens is 381 g/mol. The van der Waals surface area contributed by atoms with Crippen molar-refractivity contribution in [2.45, 2.75) is 102 Å². The standard InChI is InChI=1S/C22H37F3N2O2/c1-6-20(29-5)16(4)14(2)11-15(3)27-18-7-8-19(27)13-17(12-18)26-21(28)9-10-22(23,24)25/h6,11,15-21,26,28H,1,7-10,12-13H2,2-5H3/b14-11+. The summed E-state index contributed by atoms with van der Waals surface area (Å²) in [5.74, 6) is 0.251. The quantitative estimate of drug-likeness (QED) is 0.408. The Labute approximate surface area is 173 Å². The minimum atomic E-state index is -4.23. The molecule has 0 aromatic heterocycles. The molecule has 2 saturated heterocycles. The summed E-state index contributed by atoms with van der Waals surface area (Å²) >= 11 is 0. The predicted molar refractivity (Wildman–Crippen MR) is 109 cm³/mol. The Morgan fingerprint density at radius 2 is 1.86 bits per heavy atom. The molecule has 29 heavy (non-hydrogen) atoms. The maximum Gasteiger partial charge on any atom is 0.389 e. The molecule has 2 N–H and O–H groups in total. The van der Waals surface area contributed by atoms with Gasteiger partial charge < -0.3 is 9.84 Å². The van der Waals surface area contributed by atoms with Crippen LogP contribution in [0.2, 0.25) is 0 Å². The summed E-state index contributed by atoms with van der Waals surface area (Å²) < 4.78 is 42.6. The summed E-state index contributed by atoms with van der Waals surface area (Å²) in [5, 5.41) is 13.0. The fourth-order valence-electron chi connectivity index (χ4n) is 5.05. The smallest absolute Gasteiger partial charge is 0.379 e. The highest BCUT2D eigenvalue weighted by molar-refractivity contribution is 5.13. The Balaban J connectivity index is 1.92. The van der Waals surface area contributed by atoms with Crippen LogP contribution in [0.25, 0.3) is 0 Å². The minimum absolute atomic E-state index is 0.0108. The first-order valence-corrected chi connectivity index (χ1v) is 10.7. The number of alkyl halides is 3. The summed E-state index contributed by atoms with van der Waals surface area (Å²) in [6.45, 7) is 10.3. The van der Waals surface area contributed by atoms with E-state index in [4.69, 9.17) is 4.74 Å². The topological polar surface area (TPSA) is 44.7 Å². The molecule has 6 atom stereocenters. The molecule has 4 nitrogen and oxygen atoms in total. The summed E-state index contributed by atoms with van der Waals surface area (Å²) in [7, 11) is 1.70. The summed E-state index contributed by atoms with van der Waals surface area (Å²) in [5.41, 5.74) is 1.27. The molecule has 2 aliphatic heterocycles. The van der Waals surface area contributed by atoms with Crippen LogP contribution < -0.4 is 5.32 Å². The van der Waals surface area contributed by atoms with Crippen LogP contribution in [-0.4, -0.2) is 59.8 Å². The number of halogens is 3. The van der Waals surface area contributed by atoms with Gasteiger partial charge in [-0.2, -0.15) is 13.2 Å². The molecule has 0 aromatic rings. The Morgan fingerprint density at radius 1 is 1.28 bits per heavy atom. The van der Waals surface area contributed by atoms with Crippen molar-refractivity contribution in [1.29, 1.82) is 0 Å². The van der Waals surface area contributed by atoms with Gasteiger partial charge in [0.15, 0.2) is 0 Å². The van der Waals surface area contributed by atoms with Gasteiger partial charge in [-0.1, -0.05) is 24.6 Å². The van der Waals surface area contributed by atoms with E-state index in [1.165, 1.54) is 5.57 Å². The van der Waals surface area contributed by atoms with Gasteiger partial charge in [0.05, 0.1) is 6.10 Å². The van der Waals surface area contributed by atoms with Crippen molar-refractivity contribution in [3.8, 4) is 0 Å². The summed E-state index contributed by atoms with van der Waals surface area (Å²) in [6.07, 6.45) is 1.46. The van der Waals surface area contributed by atoms with Crippen LogP contribution in [0.4, 0.5) is 13.2 Å². The van der Waals surface area contributed by atoms with Gasteiger partial charge in [0.2, 0.25) is 0 Å². The number of aliphatic hydroxyl groups excluding tert-OH is 1. The second kappa shape index (κ2) is 10.4. The number of nitrogens with zero attached hydrogens (tertiary/aromatic N) is 1. The monoisotopic (exact) mass is 418 g/mol. The number of fused-ring (bicyclic) bond motifs is 2. The SMILES string of the molecule is C=CC(OC)C(C)/C(C)=C/C(C)N1C2CCC1CC(NC(O)CCC(F)(F)F)C2. The zero-order chi connectivity index (χ0) is 21.8. The average molecular weight is 419 g/mol. The van der Waals surface area contributed by atoms with Crippen LogP contribution in [0.3, 0.4) is 0 Å². The van der Waals surface area contributed by atoms with Gasteiger partial charge in [-0.25, -0.2) is 0 Å². The van der Waals surface area contributed by atoms with Crippen LogP contribution in [-0.2, 0) is 4.74 Å². The molecule has 7 heteroatoms. The molecule has 2 bridgehead atoms. The fourth-order valence-corrected chi connectivity index (χ4v) is 5.05. The van der Waals surface area contributed by atoms with Crippen LogP contribution in [0.5, 0.6) is 0 Å². The van der Waals surface area contributed by atoms with E-state index < -0.39 is 18.8 Å². The number of piperidine rings is 1. The normalized spacial score (nSPS) is 30.1. The number of hydrogen-bond acceptors (Lipinski definition) is 4. The Morgan fingerprint density at radius 3 is 2.34 bits per heavy atom. The number of hydrogen-bond donors (Lipinski definition) is 2.